The van der Waals surface area contributed by atoms with E-state index < -0.39 is 154 Å². The van der Waals surface area contributed by atoms with Crippen LogP contribution in [-0.4, -0.2) is 191 Å². The molecule has 67 heavy (non-hydrogen) atoms. The molecule has 23 nitrogen and oxygen atoms in total. The highest BCUT2D eigenvalue weighted by molar-refractivity contribution is 5.91. The van der Waals surface area contributed by atoms with Crippen molar-refractivity contribution in [2.45, 2.75) is 127 Å². The number of aliphatic hydroxyl groups excluding tert-OH is 9. The Bertz CT molecular complexity index is 1840. The van der Waals surface area contributed by atoms with E-state index in [2.05, 4.69) is 0 Å². The van der Waals surface area contributed by atoms with E-state index in [0.29, 0.717) is 0 Å². The molecule has 0 bridgehead atoms. The molecule has 5 rings (SSSR count). The van der Waals surface area contributed by atoms with Gasteiger partial charge >= 0.3 is 23.9 Å². The van der Waals surface area contributed by atoms with Crippen molar-refractivity contribution in [1.29, 1.82) is 0 Å². The highest BCUT2D eigenvalue weighted by Crippen LogP contribution is 2.44. The van der Waals surface area contributed by atoms with Gasteiger partial charge in [0.15, 0.2) is 12.6 Å². The molecule has 4 aliphatic heterocycles. The molecule has 9 N–H and O–H groups in total. The molecular weight excluding hydrogens is 896 g/mol. The zero-order valence-electron chi connectivity index (χ0n) is 38.0. The molecule has 0 spiro atoms. The second-order valence-electron chi connectivity index (χ2n) is 17.1. The summed E-state index contributed by atoms with van der Waals surface area (Å²) in [5, 5.41) is 91.7. The maximum atomic E-state index is 13.9. The predicted octanol–water partition coefficient (Wildman–Crippen LogP) is -2.29. The molecule has 378 valence electrons. The third kappa shape index (κ3) is 11.9. The van der Waals surface area contributed by atoms with E-state index in [4.69, 9.17) is 47.4 Å². The molecule has 1 saturated carbocycles. The fraction of sp³-hybridized carbons (Fsp3) is 0.727. The number of ether oxygens (including phenoxy) is 10. The van der Waals surface area contributed by atoms with Crippen LogP contribution in [0.1, 0.15) is 47.0 Å². The number of allylic oxidation sites excluding steroid dienone is 2. The molecule has 0 radical (unpaired) electrons. The lowest BCUT2D eigenvalue weighted by atomic mass is 9.83. The van der Waals surface area contributed by atoms with Crippen LogP contribution in [0.4, 0.5) is 0 Å². The number of rotatable bonds is 17. The first kappa shape index (κ1) is 53.9. The summed E-state index contributed by atoms with van der Waals surface area (Å²) < 4.78 is 55.7. The van der Waals surface area contributed by atoms with Crippen molar-refractivity contribution in [2.75, 3.05) is 40.6 Å². The second kappa shape index (κ2) is 24.0. The van der Waals surface area contributed by atoms with E-state index in [1.165, 1.54) is 12.2 Å². The lowest BCUT2D eigenvalue weighted by molar-refractivity contribution is -0.327. The van der Waals surface area contributed by atoms with Crippen molar-refractivity contribution in [3.05, 3.63) is 47.0 Å². The standard InChI is InChI=1S/C44H64O23/c1-7-20-23(26(39(56)58-5)16-61-41(20)66-43-37(54)35(52)33(50)29(13-46)64-43)10-31(48)60-15-25-19(4)28(9-22(25)18(3)12-45)63-32(49)11-24-21(8-2)42(62-17-27(24)40(57)59-6)67-44-38(55)36(53)34(51)30(14-47)65-44/h7-8,16-19,22-25,28-30,33-38,41-47,50-55H,9-15H2,1-6H3/b20-7+,21-8+/t18-,19-,22-,23-,24-,25-,28-,29+,30+,33+,34+,35-,36-,37+,38+,41-,42-,43?,44-/m0/s1. The van der Waals surface area contributed by atoms with Crippen LogP contribution in [0.15, 0.2) is 47.0 Å². The second-order valence-corrected chi connectivity index (χ2v) is 17.1. The Kier molecular flexibility index (Phi) is 19.3. The summed E-state index contributed by atoms with van der Waals surface area (Å²) in [4.78, 5) is 53.4. The number of hydrogen-bond acceptors (Lipinski definition) is 23. The van der Waals surface area contributed by atoms with Gasteiger partial charge in [-0.15, -0.1) is 0 Å². The quantitative estimate of drug-likeness (QED) is 0.0421. The van der Waals surface area contributed by atoms with Gasteiger partial charge in [0.1, 0.15) is 54.9 Å². The van der Waals surface area contributed by atoms with E-state index in [1.807, 2.05) is 0 Å². The predicted molar refractivity (Wildman–Crippen MR) is 221 cm³/mol. The van der Waals surface area contributed by atoms with Crippen LogP contribution < -0.4 is 0 Å². The highest BCUT2D eigenvalue weighted by atomic mass is 16.8. The largest absolute Gasteiger partial charge is 0.468 e. The van der Waals surface area contributed by atoms with E-state index in [1.54, 1.807) is 27.7 Å². The average Bonchev–Trinajstić information content (AvgIpc) is 3.63. The number of carbonyl (C=O) groups excluding carboxylic acids is 4. The summed E-state index contributed by atoms with van der Waals surface area (Å²) in [6, 6.07) is 0. The van der Waals surface area contributed by atoms with Crippen molar-refractivity contribution in [3.63, 3.8) is 0 Å². The molecule has 19 atom stereocenters. The van der Waals surface area contributed by atoms with E-state index >= 15 is 0 Å². The topological polar surface area (TPSA) is 343 Å². The van der Waals surface area contributed by atoms with Crippen LogP contribution in [0.2, 0.25) is 0 Å². The molecule has 23 heteroatoms. The highest BCUT2D eigenvalue weighted by Gasteiger charge is 2.50. The summed E-state index contributed by atoms with van der Waals surface area (Å²) in [6.45, 7) is 4.89. The number of hydrogen-bond donors (Lipinski definition) is 9. The molecular formula is C44H64O23. The van der Waals surface area contributed by atoms with Gasteiger partial charge in [-0.2, -0.15) is 0 Å². The van der Waals surface area contributed by atoms with Crippen molar-refractivity contribution in [3.8, 4) is 0 Å². The monoisotopic (exact) mass is 960 g/mol. The third-order valence-corrected chi connectivity index (χ3v) is 13.3. The van der Waals surface area contributed by atoms with Crippen molar-refractivity contribution < 1.29 is 113 Å². The van der Waals surface area contributed by atoms with Crippen molar-refractivity contribution >= 4 is 23.9 Å². The van der Waals surface area contributed by atoms with Gasteiger partial charge < -0.3 is 93.3 Å². The van der Waals surface area contributed by atoms with Crippen LogP contribution >= 0.6 is 0 Å². The lowest BCUT2D eigenvalue weighted by Crippen LogP contribution is -2.60. The summed E-state index contributed by atoms with van der Waals surface area (Å²) >= 11 is 0. The van der Waals surface area contributed by atoms with Gasteiger partial charge in [0.25, 0.3) is 0 Å². The number of methoxy groups -OCH3 is 2. The van der Waals surface area contributed by atoms with E-state index in [9.17, 15) is 65.1 Å². The molecule has 3 fully saturated rings. The first-order valence-electron chi connectivity index (χ1n) is 22.0. The Morgan fingerprint density at radius 1 is 0.701 bits per heavy atom. The molecule has 0 aromatic rings. The van der Waals surface area contributed by atoms with Crippen molar-refractivity contribution in [1.82, 2.24) is 0 Å². The fourth-order valence-electron chi connectivity index (χ4n) is 9.19. The van der Waals surface area contributed by atoms with Gasteiger partial charge in [0, 0.05) is 35.5 Å². The first-order valence-corrected chi connectivity index (χ1v) is 22.0. The Balaban J connectivity index is 1.27. The number of aliphatic hydroxyl groups is 9. The van der Waals surface area contributed by atoms with Gasteiger partial charge in [-0.3, -0.25) is 9.59 Å². The van der Waals surface area contributed by atoms with E-state index in [-0.39, 0.29) is 53.8 Å². The van der Waals surface area contributed by atoms with Crippen LogP contribution in [0.5, 0.6) is 0 Å². The SMILES string of the molecule is C/C=C1/[C@H](OC2O[C@H](CO)[C@@H](O)[C@H](O)[C@H]2O)OC=C(C(=O)OC)[C@H]1CC(=O)OC[C@H]1[C@H](C)[C@@H](OC(=O)C[C@@H]2C(C(=O)OC)=CO[C@@H](O[C@@H]3O[C@H](CO)[C@@H](O)[C@H](O)[C@H]3O)/C2=C/C)C[C@H]1[C@@H](C)CO. The maximum Gasteiger partial charge on any atom is 0.337 e. The summed E-state index contributed by atoms with van der Waals surface area (Å²) in [7, 11) is 2.27. The normalized spacial score (nSPS) is 39.3. The molecule has 5 aliphatic rings. The third-order valence-electron chi connectivity index (χ3n) is 13.3. The summed E-state index contributed by atoms with van der Waals surface area (Å²) in [5.41, 5.74) is 0.291. The molecule has 0 aromatic carbocycles. The Morgan fingerprint density at radius 2 is 1.15 bits per heavy atom. The minimum atomic E-state index is -1.78. The Morgan fingerprint density at radius 3 is 1.55 bits per heavy atom. The zero-order valence-corrected chi connectivity index (χ0v) is 38.0. The van der Waals surface area contributed by atoms with Crippen LogP contribution in [0.25, 0.3) is 0 Å². The Hall–Kier alpha value is -4.08. The molecule has 4 heterocycles. The van der Waals surface area contributed by atoms with Gasteiger partial charge in [0.2, 0.25) is 12.6 Å². The van der Waals surface area contributed by atoms with Crippen LogP contribution in [0, 0.1) is 35.5 Å². The Labute approximate surface area is 386 Å². The van der Waals surface area contributed by atoms with Gasteiger partial charge in [-0.25, -0.2) is 9.59 Å². The lowest BCUT2D eigenvalue weighted by Gasteiger charge is -2.42. The summed E-state index contributed by atoms with van der Waals surface area (Å²) in [5.74, 6) is -6.83. The molecule has 0 amide bonds. The first-order chi connectivity index (χ1) is 31.9. The van der Waals surface area contributed by atoms with Gasteiger partial charge in [0.05, 0.1) is 70.6 Å². The minimum Gasteiger partial charge on any atom is -0.468 e. The number of carbonyl (C=O) groups is 4. The minimum absolute atomic E-state index is 0.0696. The fourth-order valence-corrected chi connectivity index (χ4v) is 9.19. The summed E-state index contributed by atoms with van der Waals surface area (Å²) in [6.07, 6.45) is -15.2. The van der Waals surface area contributed by atoms with Crippen LogP contribution in [-0.2, 0) is 66.5 Å². The van der Waals surface area contributed by atoms with E-state index in [0.717, 1.165) is 26.7 Å². The maximum absolute atomic E-state index is 13.9. The van der Waals surface area contributed by atoms with Crippen LogP contribution in [0.3, 0.4) is 0 Å². The average molecular weight is 961 g/mol. The zero-order chi connectivity index (χ0) is 49.4. The molecule has 1 unspecified atom stereocenters. The van der Waals surface area contributed by atoms with Gasteiger partial charge in [-0.1, -0.05) is 26.0 Å². The molecule has 0 aromatic heterocycles. The number of esters is 4. The van der Waals surface area contributed by atoms with Crippen molar-refractivity contribution in [2.24, 2.45) is 35.5 Å². The van der Waals surface area contributed by atoms with Gasteiger partial charge in [-0.05, 0) is 38.0 Å². The smallest absolute Gasteiger partial charge is 0.337 e. The molecule has 1 aliphatic carbocycles. The molecule has 2 saturated heterocycles.